The molecule has 2 amide bonds. The van der Waals surface area contributed by atoms with Crippen molar-refractivity contribution in [3.63, 3.8) is 0 Å². The third-order valence-corrected chi connectivity index (χ3v) is 4.92. The highest BCUT2D eigenvalue weighted by atomic mass is 16.5. The van der Waals surface area contributed by atoms with Crippen molar-refractivity contribution < 1.29 is 9.53 Å². The molecule has 2 aliphatic heterocycles. The van der Waals surface area contributed by atoms with Crippen molar-refractivity contribution in [2.24, 2.45) is 0 Å². The molecule has 6 nitrogen and oxygen atoms in total. The predicted octanol–water partition coefficient (Wildman–Crippen LogP) is 2.18. The van der Waals surface area contributed by atoms with Crippen LogP contribution >= 0.6 is 0 Å². The molecule has 0 aliphatic carbocycles. The number of nitrogens with zero attached hydrogens (tertiary/aromatic N) is 3. The Morgan fingerprint density at radius 2 is 2.12 bits per heavy atom. The molecule has 1 N–H and O–H groups in total. The van der Waals surface area contributed by atoms with Gasteiger partial charge in [0.05, 0.1) is 12.1 Å². The van der Waals surface area contributed by atoms with Crippen LogP contribution in [0.2, 0.25) is 0 Å². The van der Waals surface area contributed by atoms with Crippen LogP contribution in [-0.4, -0.2) is 60.8 Å². The Hall–Kier alpha value is -1.82. The molecule has 0 saturated carbocycles. The second-order valence-electron chi connectivity index (χ2n) is 6.81. The van der Waals surface area contributed by atoms with E-state index in [2.05, 4.69) is 28.2 Å². The second kappa shape index (κ2) is 7.83. The van der Waals surface area contributed by atoms with Gasteiger partial charge in [-0.25, -0.2) is 9.78 Å². The van der Waals surface area contributed by atoms with Gasteiger partial charge in [0.2, 0.25) is 0 Å². The topological polar surface area (TPSA) is 57.7 Å². The molecule has 1 aromatic rings. The summed E-state index contributed by atoms with van der Waals surface area (Å²) in [7, 11) is 0. The number of nitrogens with one attached hydrogen (secondary N) is 1. The van der Waals surface area contributed by atoms with E-state index < -0.39 is 0 Å². The molecule has 2 unspecified atom stereocenters. The maximum Gasteiger partial charge on any atom is 0.317 e. The monoisotopic (exact) mass is 332 g/mol. The lowest BCUT2D eigenvalue weighted by Gasteiger charge is -2.37. The number of pyridine rings is 1. The Balaban J connectivity index is 1.48. The Morgan fingerprint density at radius 1 is 1.33 bits per heavy atom. The number of hydrogen-bond acceptors (Lipinski definition) is 4. The molecule has 3 rings (SSSR count). The number of urea groups is 1. The fourth-order valence-corrected chi connectivity index (χ4v) is 3.37. The summed E-state index contributed by atoms with van der Waals surface area (Å²) in [6.07, 6.45) is 5.35. The Bertz CT molecular complexity index is 552. The zero-order valence-corrected chi connectivity index (χ0v) is 14.7. The molecular formula is C18H28N4O2. The molecule has 132 valence electrons. The molecule has 6 heteroatoms. The van der Waals surface area contributed by atoms with Gasteiger partial charge in [-0.05, 0) is 50.8 Å². The van der Waals surface area contributed by atoms with Gasteiger partial charge < -0.3 is 19.9 Å². The van der Waals surface area contributed by atoms with Crippen molar-refractivity contribution >= 4 is 11.8 Å². The summed E-state index contributed by atoms with van der Waals surface area (Å²) < 4.78 is 5.76. The van der Waals surface area contributed by atoms with Gasteiger partial charge in [0.15, 0.2) is 0 Å². The van der Waals surface area contributed by atoms with Crippen LogP contribution < -0.4 is 10.2 Å². The van der Waals surface area contributed by atoms with Crippen LogP contribution in [0.4, 0.5) is 10.6 Å². The van der Waals surface area contributed by atoms with Crippen LogP contribution in [0.15, 0.2) is 18.3 Å². The van der Waals surface area contributed by atoms with Gasteiger partial charge in [-0.15, -0.1) is 0 Å². The molecular weight excluding hydrogens is 304 g/mol. The quantitative estimate of drug-likeness (QED) is 0.922. The van der Waals surface area contributed by atoms with Gasteiger partial charge in [-0.2, -0.15) is 0 Å². The van der Waals surface area contributed by atoms with E-state index in [0.29, 0.717) is 0 Å². The number of rotatable bonds is 3. The van der Waals surface area contributed by atoms with E-state index in [4.69, 9.17) is 4.74 Å². The van der Waals surface area contributed by atoms with Gasteiger partial charge in [-0.1, -0.05) is 0 Å². The summed E-state index contributed by atoms with van der Waals surface area (Å²) in [6, 6.07) is 4.18. The molecule has 2 atom stereocenters. The molecule has 1 aromatic heterocycles. The van der Waals surface area contributed by atoms with E-state index in [1.165, 1.54) is 12.0 Å². The van der Waals surface area contributed by atoms with Gasteiger partial charge in [0.1, 0.15) is 5.82 Å². The lowest BCUT2D eigenvalue weighted by Crippen LogP contribution is -2.55. The predicted molar refractivity (Wildman–Crippen MR) is 94.3 cm³/mol. The molecule has 0 spiro atoms. The number of piperazine rings is 1. The Labute approximate surface area is 144 Å². The van der Waals surface area contributed by atoms with E-state index in [1.54, 1.807) is 0 Å². The SMILES string of the molecule is Cc1ccnc(N2CCN(C(=O)NC(C)C3CCCCO3)CC2)c1. The van der Waals surface area contributed by atoms with Crippen molar-refractivity contribution in [1.82, 2.24) is 15.2 Å². The summed E-state index contributed by atoms with van der Waals surface area (Å²) in [5, 5.41) is 3.11. The third-order valence-electron chi connectivity index (χ3n) is 4.92. The van der Waals surface area contributed by atoms with E-state index in [0.717, 1.165) is 51.4 Å². The lowest BCUT2D eigenvalue weighted by molar-refractivity contribution is -0.00231. The average Bonchev–Trinajstić information content (AvgIpc) is 2.62. The first-order valence-electron chi connectivity index (χ1n) is 8.98. The number of hydrogen-bond donors (Lipinski definition) is 1. The van der Waals surface area contributed by atoms with Crippen LogP contribution in [0.1, 0.15) is 31.7 Å². The smallest absolute Gasteiger partial charge is 0.317 e. The zero-order valence-electron chi connectivity index (χ0n) is 14.7. The average molecular weight is 332 g/mol. The summed E-state index contributed by atoms with van der Waals surface area (Å²) in [4.78, 5) is 21.0. The molecule has 2 saturated heterocycles. The van der Waals surface area contributed by atoms with Crippen LogP contribution in [0, 0.1) is 6.92 Å². The number of aromatic nitrogens is 1. The van der Waals surface area contributed by atoms with Crippen molar-refractivity contribution in [3.05, 3.63) is 23.9 Å². The second-order valence-corrected chi connectivity index (χ2v) is 6.81. The Morgan fingerprint density at radius 3 is 2.79 bits per heavy atom. The van der Waals surface area contributed by atoms with Gasteiger partial charge in [0.25, 0.3) is 0 Å². The first-order valence-corrected chi connectivity index (χ1v) is 8.98. The van der Waals surface area contributed by atoms with Crippen LogP contribution in [0.3, 0.4) is 0 Å². The maximum absolute atomic E-state index is 12.5. The minimum atomic E-state index is 0.0218. The van der Waals surface area contributed by atoms with Crippen LogP contribution in [0.25, 0.3) is 0 Å². The molecule has 24 heavy (non-hydrogen) atoms. The highest BCUT2D eigenvalue weighted by Gasteiger charge is 2.26. The van der Waals surface area contributed by atoms with E-state index in [1.807, 2.05) is 24.1 Å². The largest absolute Gasteiger partial charge is 0.376 e. The van der Waals surface area contributed by atoms with Crippen molar-refractivity contribution in [1.29, 1.82) is 0 Å². The van der Waals surface area contributed by atoms with Crippen LogP contribution in [-0.2, 0) is 4.74 Å². The summed E-state index contributed by atoms with van der Waals surface area (Å²) in [5.74, 6) is 0.999. The zero-order chi connectivity index (χ0) is 16.9. The van der Waals surface area contributed by atoms with E-state index in [9.17, 15) is 4.79 Å². The molecule has 0 aromatic carbocycles. The first-order chi connectivity index (χ1) is 11.6. The fourth-order valence-electron chi connectivity index (χ4n) is 3.37. The standard InChI is InChI=1S/C18H28N4O2/c1-14-6-7-19-17(13-14)21-8-10-22(11-9-21)18(23)20-15(2)16-5-3-4-12-24-16/h6-7,13,15-16H,3-5,8-12H2,1-2H3,(H,20,23). The lowest BCUT2D eigenvalue weighted by atomic mass is 10.0. The molecule has 2 fully saturated rings. The highest BCUT2D eigenvalue weighted by Crippen LogP contribution is 2.17. The minimum Gasteiger partial charge on any atom is -0.376 e. The minimum absolute atomic E-state index is 0.0218. The number of amides is 2. The summed E-state index contributed by atoms with van der Waals surface area (Å²) in [6.45, 7) is 8.01. The third kappa shape index (κ3) is 4.17. The van der Waals surface area contributed by atoms with Gasteiger partial charge in [0, 0.05) is 39.0 Å². The van der Waals surface area contributed by atoms with Gasteiger partial charge >= 0.3 is 6.03 Å². The molecule has 0 bridgehead atoms. The van der Waals surface area contributed by atoms with Crippen molar-refractivity contribution in [3.8, 4) is 0 Å². The molecule has 3 heterocycles. The number of aryl methyl sites for hydroxylation is 1. The highest BCUT2D eigenvalue weighted by molar-refractivity contribution is 5.75. The van der Waals surface area contributed by atoms with E-state index >= 15 is 0 Å². The molecule has 2 aliphatic rings. The van der Waals surface area contributed by atoms with Crippen LogP contribution in [0.5, 0.6) is 0 Å². The first kappa shape index (κ1) is 17.0. The van der Waals surface area contributed by atoms with E-state index in [-0.39, 0.29) is 18.2 Å². The summed E-state index contributed by atoms with van der Waals surface area (Å²) >= 11 is 0. The Kier molecular flexibility index (Phi) is 5.56. The number of anilines is 1. The van der Waals surface area contributed by atoms with Crippen molar-refractivity contribution in [2.45, 2.75) is 45.3 Å². The molecule has 0 radical (unpaired) electrons. The van der Waals surface area contributed by atoms with Gasteiger partial charge in [-0.3, -0.25) is 0 Å². The number of ether oxygens (including phenoxy) is 1. The van der Waals surface area contributed by atoms with Crippen molar-refractivity contribution in [2.75, 3.05) is 37.7 Å². The fraction of sp³-hybridized carbons (Fsp3) is 0.667. The number of carbonyl (C=O) groups is 1. The number of carbonyl (C=O) groups excluding carboxylic acids is 1. The summed E-state index contributed by atoms with van der Waals surface area (Å²) in [5.41, 5.74) is 1.21. The maximum atomic E-state index is 12.5. The normalized spacial score (nSPS) is 23.0.